The van der Waals surface area contributed by atoms with Crippen LogP contribution in [-0.2, 0) is 9.47 Å². The highest BCUT2D eigenvalue weighted by molar-refractivity contribution is 5.38. The minimum atomic E-state index is -0.109. The maximum Gasteiger partial charge on any atom is 0.124 e. The van der Waals surface area contributed by atoms with Gasteiger partial charge in [-0.2, -0.15) is 0 Å². The average Bonchev–Trinajstić information content (AvgIpc) is 2.37. The molecule has 2 rings (SSSR count). The van der Waals surface area contributed by atoms with Crippen molar-refractivity contribution in [1.29, 1.82) is 0 Å². The summed E-state index contributed by atoms with van der Waals surface area (Å²) in [5, 5.41) is 0. The van der Waals surface area contributed by atoms with Gasteiger partial charge in [0.15, 0.2) is 0 Å². The Balaban J connectivity index is 1.90. The molecule has 0 radical (unpaired) electrons. The Morgan fingerprint density at radius 1 is 1.35 bits per heavy atom. The van der Waals surface area contributed by atoms with Gasteiger partial charge in [0.05, 0.1) is 6.04 Å². The van der Waals surface area contributed by atoms with Crippen molar-refractivity contribution in [3.05, 3.63) is 29.8 Å². The number of para-hydroxylation sites is 1. The van der Waals surface area contributed by atoms with Gasteiger partial charge >= 0.3 is 0 Å². The lowest BCUT2D eigenvalue weighted by Gasteiger charge is -2.31. The Labute approximate surface area is 102 Å². The Bertz CT molecular complexity index is 356. The zero-order valence-electron chi connectivity index (χ0n) is 10.1. The molecule has 0 aromatic heterocycles. The van der Waals surface area contributed by atoms with Crippen LogP contribution in [0, 0.1) is 0 Å². The van der Waals surface area contributed by atoms with Crippen molar-refractivity contribution in [1.82, 2.24) is 0 Å². The van der Waals surface area contributed by atoms with Gasteiger partial charge in [-0.05, 0) is 12.5 Å². The highest BCUT2D eigenvalue weighted by atomic mass is 16.5. The Morgan fingerprint density at radius 2 is 2.18 bits per heavy atom. The lowest BCUT2D eigenvalue weighted by molar-refractivity contribution is -0.0133. The Morgan fingerprint density at radius 3 is 3.00 bits per heavy atom. The van der Waals surface area contributed by atoms with E-state index in [2.05, 4.69) is 0 Å². The van der Waals surface area contributed by atoms with Crippen molar-refractivity contribution in [2.75, 3.05) is 26.9 Å². The molecule has 2 atom stereocenters. The molecule has 0 saturated carbocycles. The molecule has 4 nitrogen and oxygen atoms in total. The lowest BCUT2D eigenvalue weighted by Crippen LogP contribution is -2.38. The van der Waals surface area contributed by atoms with E-state index < -0.39 is 0 Å². The monoisotopic (exact) mass is 237 g/mol. The van der Waals surface area contributed by atoms with E-state index in [0.29, 0.717) is 19.8 Å². The molecule has 1 aromatic carbocycles. The van der Waals surface area contributed by atoms with Gasteiger partial charge in [0.25, 0.3) is 0 Å². The van der Waals surface area contributed by atoms with E-state index in [1.807, 2.05) is 24.3 Å². The first kappa shape index (κ1) is 12.4. The molecular weight excluding hydrogens is 218 g/mol. The summed E-state index contributed by atoms with van der Waals surface area (Å²) in [6.07, 6.45) is 0.809. The molecule has 94 valence electrons. The molecule has 0 spiro atoms. The zero-order valence-corrected chi connectivity index (χ0v) is 10.1. The van der Waals surface area contributed by atoms with E-state index in [1.54, 1.807) is 7.11 Å². The molecule has 1 aliphatic heterocycles. The van der Waals surface area contributed by atoms with Crippen LogP contribution in [0.2, 0.25) is 0 Å². The molecule has 1 aliphatic rings. The fourth-order valence-corrected chi connectivity index (χ4v) is 1.95. The summed E-state index contributed by atoms with van der Waals surface area (Å²) in [7, 11) is 1.69. The van der Waals surface area contributed by atoms with Crippen LogP contribution in [0.15, 0.2) is 24.3 Å². The summed E-state index contributed by atoms with van der Waals surface area (Å²) in [5.41, 5.74) is 7.19. The summed E-state index contributed by atoms with van der Waals surface area (Å²) in [6, 6.07) is 7.74. The van der Waals surface area contributed by atoms with E-state index in [0.717, 1.165) is 17.7 Å². The van der Waals surface area contributed by atoms with Crippen LogP contribution in [0.5, 0.6) is 5.75 Å². The summed E-state index contributed by atoms with van der Waals surface area (Å²) in [4.78, 5) is 0. The first-order valence-corrected chi connectivity index (χ1v) is 5.91. The first-order valence-electron chi connectivity index (χ1n) is 5.91. The summed E-state index contributed by atoms with van der Waals surface area (Å²) in [6.45, 7) is 1.88. The maximum absolute atomic E-state index is 6.17. The predicted molar refractivity (Wildman–Crippen MR) is 65.1 cm³/mol. The molecule has 0 aliphatic carbocycles. The van der Waals surface area contributed by atoms with Crippen molar-refractivity contribution in [3.63, 3.8) is 0 Å². The molecule has 0 bridgehead atoms. The molecule has 2 unspecified atom stereocenters. The van der Waals surface area contributed by atoms with Crippen LogP contribution in [0.3, 0.4) is 0 Å². The van der Waals surface area contributed by atoms with Gasteiger partial charge in [0.1, 0.15) is 18.5 Å². The molecule has 4 heteroatoms. The van der Waals surface area contributed by atoms with E-state index >= 15 is 0 Å². The van der Waals surface area contributed by atoms with Gasteiger partial charge in [0.2, 0.25) is 0 Å². The Kier molecular flexibility index (Phi) is 4.36. The van der Waals surface area contributed by atoms with Crippen molar-refractivity contribution in [3.8, 4) is 5.75 Å². The first-order chi connectivity index (χ1) is 8.33. The van der Waals surface area contributed by atoms with Crippen LogP contribution in [0.25, 0.3) is 0 Å². The third-order valence-electron chi connectivity index (χ3n) is 2.91. The predicted octanol–water partition coefficient (Wildman–Crippen LogP) is 1.50. The number of hydrogen-bond donors (Lipinski definition) is 1. The van der Waals surface area contributed by atoms with Crippen LogP contribution in [0.4, 0.5) is 0 Å². The van der Waals surface area contributed by atoms with Crippen molar-refractivity contribution >= 4 is 0 Å². The van der Waals surface area contributed by atoms with Gasteiger partial charge in [-0.1, -0.05) is 18.2 Å². The number of hydrogen-bond acceptors (Lipinski definition) is 4. The number of ether oxygens (including phenoxy) is 3. The zero-order chi connectivity index (χ0) is 12.1. The summed E-state index contributed by atoms with van der Waals surface area (Å²) < 4.78 is 16.3. The Hall–Kier alpha value is -1.10. The topological polar surface area (TPSA) is 53.7 Å². The second-order valence-electron chi connectivity index (χ2n) is 4.13. The molecule has 17 heavy (non-hydrogen) atoms. The minimum Gasteiger partial charge on any atom is -0.490 e. The van der Waals surface area contributed by atoms with Crippen LogP contribution in [-0.4, -0.2) is 33.0 Å². The van der Waals surface area contributed by atoms with Crippen LogP contribution >= 0.6 is 0 Å². The van der Waals surface area contributed by atoms with E-state index in [1.165, 1.54) is 0 Å². The molecule has 1 aromatic rings. The third kappa shape index (κ3) is 2.97. The van der Waals surface area contributed by atoms with Crippen molar-refractivity contribution in [2.45, 2.75) is 18.6 Å². The van der Waals surface area contributed by atoms with Gasteiger partial charge in [-0.15, -0.1) is 0 Å². The highest BCUT2D eigenvalue weighted by Gasteiger charge is 2.28. The molecule has 0 amide bonds. The van der Waals surface area contributed by atoms with Gasteiger partial charge in [0, 0.05) is 25.9 Å². The molecule has 1 heterocycles. The third-order valence-corrected chi connectivity index (χ3v) is 2.91. The molecule has 0 saturated heterocycles. The van der Waals surface area contributed by atoms with E-state index in [-0.39, 0.29) is 12.1 Å². The number of nitrogens with two attached hydrogens (primary N) is 1. The molecular formula is C13H19NO3. The average molecular weight is 237 g/mol. The molecule has 2 N–H and O–H groups in total. The SMILES string of the molecule is COCCCOC1COc2ccccc2C1N. The largest absolute Gasteiger partial charge is 0.490 e. The highest BCUT2D eigenvalue weighted by Crippen LogP contribution is 2.31. The maximum atomic E-state index is 6.17. The fraction of sp³-hybridized carbons (Fsp3) is 0.538. The normalized spacial score (nSPS) is 22.9. The summed E-state index contributed by atoms with van der Waals surface area (Å²) >= 11 is 0. The smallest absolute Gasteiger partial charge is 0.124 e. The number of fused-ring (bicyclic) bond motifs is 1. The van der Waals surface area contributed by atoms with Crippen LogP contribution in [0.1, 0.15) is 18.0 Å². The number of rotatable bonds is 5. The number of benzene rings is 1. The standard InChI is InChI=1S/C13H19NO3/c1-15-7-4-8-16-12-9-17-11-6-3-2-5-10(11)13(12)14/h2-3,5-6,12-13H,4,7-9,14H2,1H3. The van der Waals surface area contributed by atoms with Crippen molar-refractivity contribution in [2.24, 2.45) is 5.73 Å². The second-order valence-corrected chi connectivity index (χ2v) is 4.13. The quantitative estimate of drug-likeness (QED) is 0.788. The van der Waals surface area contributed by atoms with Crippen LogP contribution < -0.4 is 10.5 Å². The van der Waals surface area contributed by atoms with E-state index in [9.17, 15) is 0 Å². The minimum absolute atomic E-state index is 0.0678. The van der Waals surface area contributed by atoms with Gasteiger partial charge in [-0.3, -0.25) is 0 Å². The number of methoxy groups -OCH3 is 1. The summed E-state index contributed by atoms with van der Waals surface area (Å²) in [5.74, 6) is 0.872. The fourth-order valence-electron chi connectivity index (χ4n) is 1.95. The van der Waals surface area contributed by atoms with Gasteiger partial charge in [-0.25, -0.2) is 0 Å². The lowest BCUT2D eigenvalue weighted by atomic mass is 9.99. The second kappa shape index (κ2) is 6.00. The molecule has 0 fully saturated rings. The van der Waals surface area contributed by atoms with E-state index in [4.69, 9.17) is 19.9 Å². The van der Waals surface area contributed by atoms with Crippen molar-refractivity contribution < 1.29 is 14.2 Å². The van der Waals surface area contributed by atoms with Gasteiger partial charge < -0.3 is 19.9 Å².